The molecule has 0 fully saturated rings. The minimum absolute atomic E-state index is 0.0612. The van der Waals surface area contributed by atoms with Gasteiger partial charge in [-0.3, -0.25) is 10.1 Å². The van der Waals surface area contributed by atoms with Gasteiger partial charge in [-0.15, -0.1) is 0 Å². The first kappa shape index (κ1) is 12.4. The van der Waals surface area contributed by atoms with E-state index in [9.17, 15) is 10.1 Å². The van der Waals surface area contributed by atoms with E-state index in [1.807, 2.05) is 19.1 Å². The van der Waals surface area contributed by atoms with Crippen molar-refractivity contribution in [1.82, 2.24) is 0 Å². The van der Waals surface area contributed by atoms with Gasteiger partial charge >= 0.3 is 5.69 Å². The third-order valence-corrected chi connectivity index (χ3v) is 2.75. The molecule has 0 bridgehead atoms. The van der Waals surface area contributed by atoms with Gasteiger partial charge in [0.2, 0.25) is 5.75 Å². The van der Waals surface area contributed by atoms with Crippen LogP contribution in [0.5, 0.6) is 11.5 Å². The maximum absolute atomic E-state index is 11.0. The Morgan fingerprint density at radius 3 is 2.44 bits per heavy atom. The lowest BCUT2D eigenvalue weighted by molar-refractivity contribution is -0.385. The summed E-state index contributed by atoms with van der Waals surface area (Å²) in [5, 5.41) is 11.0. The van der Waals surface area contributed by atoms with Crippen molar-refractivity contribution in [3.63, 3.8) is 0 Å². The largest absolute Gasteiger partial charge is 0.450 e. The highest BCUT2D eigenvalue weighted by molar-refractivity contribution is 6.32. The van der Waals surface area contributed by atoms with Crippen molar-refractivity contribution in [3.05, 3.63) is 63.2 Å². The average Bonchev–Trinajstić information content (AvgIpc) is 2.31. The van der Waals surface area contributed by atoms with Gasteiger partial charge in [-0.25, -0.2) is 0 Å². The number of halogens is 1. The van der Waals surface area contributed by atoms with Gasteiger partial charge in [0.05, 0.1) is 4.92 Å². The van der Waals surface area contributed by atoms with Crippen LogP contribution in [0.4, 0.5) is 5.69 Å². The van der Waals surface area contributed by atoms with Crippen molar-refractivity contribution in [3.8, 4) is 11.5 Å². The maximum atomic E-state index is 11.0. The summed E-state index contributed by atoms with van der Waals surface area (Å²) in [7, 11) is 0. The molecule has 0 aliphatic heterocycles. The van der Waals surface area contributed by atoms with E-state index in [0.29, 0.717) is 5.75 Å². The lowest BCUT2D eigenvalue weighted by Gasteiger charge is -2.09. The molecule has 0 spiro atoms. The van der Waals surface area contributed by atoms with Crippen molar-refractivity contribution >= 4 is 17.3 Å². The van der Waals surface area contributed by atoms with Crippen LogP contribution < -0.4 is 4.74 Å². The Balaban J connectivity index is 2.44. The molecule has 4 nitrogen and oxygen atoms in total. The van der Waals surface area contributed by atoms with Crippen molar-refractivity contribution in [1.29, 1.82) is 0 Å². The van der Waals surface area contributed by atoms with E-state index in [1.54, 1.807) is 18.2 Å². The Labute approximate surface area is 109 Å². The van der Waals surface area contributed by atoms with Gasteiger partial charge < -0.3 is 4.74 Å². The van der Waals surface area contributed by atoms with Gasteiger partial charge in [0, 0.05) is 0 Å². The van der Waals surface area contributed by atoms with E-state index in [1.165, 1.54) is 12.1 Å². The third-order valence-electron chi connectivity index (χ3n) is 2.45. The molecule has 0 N–H and O–H groups in total. The molecule has 0 aromatic heterocycles. The van der Waals surface area contributed by atoms with Crippen LogP contribution in [0, 0.1) is 17.0 Å². The van der Waals surface area contributed by atoms with E-state index in [0.717, 1.165) is 5.56 Å². The Morgan fingerprint density at radius 2 is 1.78 bits per heavy atom. The molecule has 0 atom stereocenters. The second-order valence-electron chi connectivity index (χ2n) is 3.71. The fourth-order valence-electron chi connectivity index (χ4n) is 1.54. The minimum atomic E-state index is -0.546. The van der Waals surface area contributed by atoms with Gasteiger partial charge in [-0.1, -0.05) is 35.9 Å². The summed E-state index contributed by atoms with van der Waals surface area (Å²) in [6.07, 6.45) is 0. The summed E-state index contributed by atoms with van der Waals surface area (Å²) >= 11 is 5.81. The predicted molar refractivity (Wildman–Crippen MR) is 69.4 cm³/mol. The zero-order valence-electron chi connectivity index (χ0n) is 9.59. The van der Waals surface area contributed by atoms with Crippen molar-refractivity contribution < 1.29 is 9.66 Å². The quantitative estimate of drug-likeness (QED) is 0.611. The number of hydrogen-bond donors (Lipinski definition) is 0. The molecule has 0 saturated carbocycles. The monoisotopic (exact) mass is 263 g/mol. The topological polar surface area (TPSA) is 52.4 Å². The number of ether oxygens (including phenoxy) is 1. The van der Waals surface area contributed by atoms with Crippen LogP contribution in [-0.4, -0.2) is 4.92 Å². The van der Waals surface area contributed by atoms with Crippen LogP contribution in [0.1, 0.15) is 5.56 Å². The van der Waals surface area contributed by atoms with Crippen LogP contribution >= 0.6 is 11.6 Å². The highest BCUT2D eigenvalue weighted by Gasteiger charge is 2.20. The molecule has 0 unspecified atom stereocenters. The first-order valence-electron chi connectivity index (χ1n) is 5.26. The number of nitrogens with zero attached hydrogens (tertiary/aromatic N) is 1. The first-order chi connectivity index (χ1) is 8.59. The Bertz CT molecular complexity index is 599. The highest BCUT2D eigenvalue weighted by atomic mass is 35.5. The van der Waals surface area contributed by atoms with Crippen molar-refractivity contribution in [2.24, 2.45) is 0 Å². The van der Waals surface area contributed by atoms with Gasteiger partial charge in [0.15, 0.2) is 0 Å². The standard InChI is InChI=1S/C13H10ClNO3/c1-9-5-2-3-7-11(9)18-12-8-4-6-10(14)13(12)15(16)17/h2-8H,1H3. The first-order valence-corrected chi connectivity index (χ1v) is 5.64. The molecule has 0 heterocycles. The van der Waals surface area contributed by atoms with Crippen molar-refractivity contribution in [2.75, 3.05) is 0 Å². The summed E-state index contributed by atoms with van der Waals surface area (Å²) in [6.45, 7) is 1.87. The normalized spacial score (nSPS) is 10.1. The van der Waals surface area contributed by atoms with Crippen LogP contribution in [-0.2, 0) is 0 Å². The SMILES string of the molecule is Cc1ccccc1Oc1cccc(Cl)c1[N+](=O)[O-]. The van der Waals surface area contributed by atoms with Crippen LogP contribution in [0.2, 0.25) is 5.02 Å². The van der Waals surface area contributed by atoms with Gasteiger partial charge in [-0.05, 0) is 30.7 Å². The fraction of sp³-hybridized carbons (Fsp3) is 0.0769. The molecule has 18 heavy (non-hydrogen) atoms. The summed E-state index contributed by atoms with van der Waals surface area (Å²) < 4.78 is 5.56. The number of hydrogen-bond acceptors (Lipinski definition) is 3. The minimum Gasteiger partial charge on any atom is -0.450 e. The van der Waals surface area contributed by atoms with Gasteiger partial charge in [-0.2, -0.15) is 0 Å². The molecular weight excluding hydrogens is 254 g/mol. The summed E-state index contributed by atoms with van der Waals surface area (Å²) in [5.74, 6) is 0.713. The number of nitro benzene ring substituents is 1. The molecule has 2 aromatic rings. The number of nitro groups is 1. The summed E-state index contributed by atoms with van der Waals surface area (Å²) in [6, 6.07) is 11.9. The maximum Gasteiger partial charge on any atom is 0.329 e. The molecule has 0 saturated heterocycles. The van der Waals surface area contributed by atoms with E-state index < -0.39 is 4.92 Å². The molecule has 2 rings (SSSR count). The Hall–Kier alpha value is -2.07. The fourth-order valence-corrected chi connectivity index (χ4v) is 1.78. The molecule has 0 radical (unpaired) electrons. The molecule has 5 heteroatoms. The zero-order valence-corrected chi connectivity index (χ0v) is 10.3. The van der Waals surface area contributed by atoms with E-state index >= 15 is 0 Å². The van der Waals surface area contributed by atoms with Crippen LogP contribution in [0.25, 0.3) is 0 Å². The number of rotatable bonds is 3. The second kappa shape index (κ2) is 5.06. The van der Waals surface area contributed by atoms with E-state index in [2.05, 4.69) is 0 Å². The second-order valence-corrected chi connectivity index (χ2v) is 4.12. The van der Waals surface area contributed by atoms with Crippen LogP contribution in [0.3, 0.4) is 0 Å². The number of para-hydroxylation sites is 2. The summed E-state index contributed by atoms with van der Waals surface area (Å²) in [4.78, 5) is 10.4. The molecule has 0 aliphatic rings. The molecule has 0 aliphatic carbocycles. The van der Waals surface area contributed by atoms with E-state index in [4.69, 9.17) is 16.3 Å². The van der Waals surface area contributed by atoms with Crippen LogP contribution in [0.15, 0.2) is 42.5 Å². The smallest absolute Gasteiger partial charge is 0.329 e. The van der Waals surface area contributed by atoms with Gasteiger partial charge in [0.1, 0.15) is 10.8 Å². The third kappa shape index (κ3) is 2.43. The zero-order chi connectivity index (χ0) is 13.1. The molecule has 2 aromatic carbocycles. The van der Waals surface area contributed by atoms with Gasteiger partial charge in [0.25, 0.3) is 0 Å². The Morgan fingerprint density at radius 1 is 1.11 bits per heavy atom. The molecule has 0 amide bonds. The molecular formula is C13H10ClNO3. The predicted octanol–water partition coefficient (Wildman–Crippen LogP) is 4.35. The Kier molecular flexibility index (Phi) is 3.48. The average molecular weight is 264 g/mol. The van der Waals surface area contributed by atoms with Crippen molar-refractivity contribution in [2.45, 2.75) is 6.92 Å². The lowest BCUT2D eigenvalue weighted by atomic mass is 10.2. The highest BCUT2D eigenvalue weighted by Crippen LogP contribution is 2.37. The number of aryl methyl sites for hydroxylation is 1. The number of benzene rings is 2. The summed E-state index contributed by atoms with van der Waals surface area (Å²) in [5.41, 5.74) is 0.675. The lowest BCUT2D eigenvalue weighted by Crippen LogP contribution is -1.95. The van der Waals surface area contributed by atoms with E-state index in [-0.39, 0.29) is 16.5 Å². The molecule has 92 valence electrons.